The van der Waals surface area contributed by atoms with Gasteiger partial charge in [0.1, 0.15) is 5.00 Å². The number of nitrogens with one attached hydrogen (secondary N) is 1. The Labute approximate surface area is 181 Å². The number of hydrogen-bond donors (Lipinski definition) is 1. The van der Waals surface area contributed by atoms with Gasteiger partial charge in [-0.15, -0.1) is 11.3 Å². The molecule has 2 heterocycles. The maximum Gasteiger partial charge on any atom is 0.256 e. The van der Waals surface area contributed by atoms with Crippen molar-refractivity contribution in [2.75, 3.05) is 37.2 Å². The van der Waals surface area contributed by atoms with Crippen LogP contribution >= 0.6 is 11.3 Å². The molecule has 9 heteroatoms. The van der Waals surface area contributed by atoms with Crippen molar-refractivity contribution >= 4 is 38.2 Å². The van der Waals surface area contributed by atoms with Crippen LogP contribution in [-0.4, -0.2) is 61.4 Å². The Bertz CT molecular complexity index is 1010. The van der Waals surface area contributed by atoms with E-state index in [0.717, 1.165) is 5.56 Å². The van der Waals surface area contributed by atoms with Crippen LogP contribution in [0.2, 0.25) is 0 Å². The second kappa shape index (κ2) is 9.28. The van der Waals surface area contributed by atoms with Gasteiger partial charge in [-0.05, 0) is 42.0 Å². The molecule has 1 N–H and O–H groups in total. The summed E-state index contributed by atoms with van der Waals surface area (Å²) in [5.41, 5.74) is 2.12. The van der Waals surface area contributed by atoms with Crippen LogP contribution in [0.5, 0.6) is 0 Å². The van der Waals surface area contributed by atoms with Crippen molar-refractivity contribution in [3.8, 4) is 0 Å². The van der Waals surface area contributed by atoms with Crippen LogP contribution < -0.4 is 5.32 Å². The maximum atomic E-state index is 13.0. The zero-order chi connectivity index (χ0) is 21.9. The first-order valence-electron chi connectivity index (χ1n) is 9.99. The number of nitrogens with zero attached hydrogens (tertiary/aromatic N) is 2. The molecule has 0 radical (unpaired) electrons. The number of rotatable bonds is 6. The molecule has 7 nitrogen and oxygen atoms in total. The van der Waals surface area contributed by atoms with Crippen LogP contribution in [-0.2, 0) is 10.0 Å². The summed E-state index contributed by atoms with van der Waals surface area (Å²) in [6.07, 6.45) is 0. The molecule has 1 aliphatic rings. The highest BCUT2D eigenvalue weighted by Crippen LogP contribution is 2.26. The minimum Gasteiger partial charge on any atom is -0.336 e. The molecule has 0 saturated carbocycles. The van der Waals surface area contributed by atoms with Crippen LogP contribution in [0.15, 0.2) is 35.7 Å². The number of anilines is 1. The predicted octanol–water partition coefficient (Wildman–Crippen LogP) is 3.23. The van der Waals surface area contributed by atoms with E-state index in [0.29, 0.717) is 35.1 Å². The van der Waals surface area contributed by atoms with Crippen molar-refractivity contribution in [3.05, 3.63) is 52.4 Å². The molecule has 0 spiro atoms. The lowest BCUT2D eigenvalue weighted by molar-refractivity contribution is 0.0699. The Morgan fingerprint density at radius 1 is 1.07 bits per heavy atom. The van der Waals surface area contributed by atoms with Gasteiger partial charge in [0.15, 0.2) is 0 Å². The monoisotopic (exact) mass is 449 g/mol. The Hall–Kier alpha value is -2.23. The molecule has 0 aliphatic carbocycles. The number of carbonyl (C=O) groups is 2. The minimum absolute atomic E-state index is 0.0554. The zero-order valence-electron chi connectivity index (χ0n) is 17.4. The van der Waals surface area contributed by atoms with Gasteiger partial charge in [-0.2, -0.15) is 4.31 Å². The number of amides is 2. The molecule has 1 aromatic heterocycles. The van der Waals surface area contributed by atoms with E-state index < -0.39 is 10.0 Å². The number of benzene rings is 1. The number of hydrogen-bond acceptors (Lipinski definition) is 5. The van der Waals surface area contributed by atoms with Gasteiger partial charge in [-0.25, -0.2) is 8.42 Å². The number of carbonyl (C=O) groups excluding carboxylic acids is 2. The van der Waals surface area contributed by atoms with E-state index in [1.54, 1.807) is 35.4 Å². The van der Waals surface area contributed by atoms with Gasteiger partial charge in [0.25, 0.3) is 11.8 Å². The highest BCUT2D eigenvalue weighted by molar-refractivity contribution is 7.89. The summed E-state index contributed by atoms with van der Waals surface area (Å²) in [7, 11) is -3.25. The Balaban J connectivity index is 1.66. The third-order valence-electron chi connectivity index (χ3n) is 5.25. The largest absolute Gasteiger partial charge is 0.336 e. The molecule has 3 rings (SSSR count). The lowest BCUT2D eigenvalue weighted by atomic mass is 10.0. The summed E-state index contributed by atoms with van der Waals surface area (Å²) >= 11 is 1.30. The highest BCUT2D eigenvalue weighted by Gasteiger charge is 2.29. The summed E-state index contributed by atoms with van der Waals surface area (Å²) in [5.74, 6) is -0.0212. The van der Waals surface area contributed by atoms with Gasteiger partial charge in [0, 0.05) is 31.7 Å². The van der Waals surface area contributed by atoms with Crippen LogP contribution in [0.4, 0.5) is 5.00 Å². The molecular weight excluding hydrogens is 422 g/mol. The topological polar surface area (TPSA) is 86.8 Å². The van der Waals surface area contributed by atoms with Gasteiger partial charge >= 0.3 is 0 Å². The average molecular weight is 450 g/mol. The highest BCUT2D eigenvalue weighted by atomic mass is 32.2. The van der Waals surface area contributed by atoms with Crippen molar-refractivity contribution in [1.82, 2.24) is 9.21 Å². The quantitative estimate of drug-likeness (QED) is 0.734. The van der Waals surface area contributed by atoms with Crippen molar-refractivity contribution in [3.63, 3.8) is 0 Å². The minimum atomic E-state index is -3.25. The van der Waals surface area contributed by atoms with E-state index in [4.69, 9.17) is 0 Å². The van der Waals surface area contributed by atoms with E-state index in [2.05, 4.69) is 19.2 Å². The number of sulfonamides is 1. The third kappa shape index (κ3) is 4.91. The first kappa shape index (κ1) is 22.5. The predicted molar refractivity (Wildman–Crippen MR) is 120 cm³/mol. The summed E-state index contributed by atoms with van der Waals surface area (Å²) in [6, 6.07) is 9.13. The third-order valence-corrected chi connectivity index (χ3v) is 7.96. The molecule has 0 bridgehead atoms. The van der Waals surface area contributed by atoms with Crippen LogP contribution in [0.3, 0.4) is 0 Å². The zero-order valence-corrected chi connectivity index (χ0v) is 19.1. The fraction of sp³-hybridized carbons (Fsp3) is 0.429. The van der Waals surface area contributed by atoms with Crippen LogP contribution in [0.1, 0.15) is 53.0 Å². The molecule has 1 aliphatic heterocycles. The summed E-state index contributed by atoms with van der Waals surface area (Å²) in [4.78, 5) is 27.2. The standard InChI is InChI=1S/C21H27N3O4S2/c1-4-30(27,28)24-12-10-23(11-13-24)21(26)18-9-14-29-20(18)22-19(25)17-7-5-16(6-8-17)15(2)3/h5-9,14-15H,4,10-13H2,1-3H3,(H,22,25). The second-order valence-electron chi connectivity index (χ2n) is 7.49. The lowest BCUT2D eigenvalue weighted by Gasteiger charge is -2.33. The SMILES string of the molecule is CCS(=O)(=O)N1CCN(C(=O)c2ccsc2NC(=O)c2ccc(C(C)C)cc2)CC1. The second-order valence-corrected chi connectivity index (χ2v) is 10.7. The first-order chi connectivity index (χ1) is 14.2. The van der Waals surface area contributed by atoms with Gasteiger partial charge in [-0.1, -0.05) is 26.0 Å². The van der Waals surface area contributed by atoms with Crippen molar-refractivity contribution in [1.29, 1.82) is 0 Å². The van der Waals surface area contributed by atoms with Gasteiger partial charge in [0.2, 0.25) is 10.0 Å². The Kier molecular flexibility index (Phi) is 6.95. The molecule has 0 unspecified atom stereocenters. The van der Waals surface area contributed by atoms with Crippen molar-refractivity contribution in [2.24, 2.45) is 0 Å². The molecular formula is C21H27N3O4S2. The molecule has 162 valence electrons. The summed E-state index contributed by atoms with van der Waals surface area (Å²) in [6.45, 7) is 7.04. The van der Waals surface area contributed by atoms with E-state index in [1.165, 1.54) is 15.6 Å². The van der Waals surface area contributed by atoms with E-state index in [9.17, 15) is 18.0 Å². The van der Waals surface area contributed by atoms with Crippen LogP contribution in [0, 0.1) is 0 Å². The molecule has 1 fully saturated rings. The van der Waals surface area contributed by atoms with Gasteiger partial charge < -0.3 is 10.2 Å². The summed E-state index contributed by atoms with van der Waals surface area (Å²) < 4.78 is 25.4. The maximum absolute atomic E-state index is 13.0. The van der Waals surface area contributed by atoms with Crippen molar-refractivity contribution in [2.45, 2.75) is 26.7 Å². The molecule has 1 saturated heterocycles. The first-order valence-corrected chi connectivity index (χ1v) is 12.5. The summed E-state index contributed by atoms with van der Waals surface area (Å²) in [5, 5.41) is 5.11. The van der Waals surface area contributed by atoms with Crippen molar-refractivity contribution < 1.29 is 18.0 Å². The fourth-order valence-corrected chi connectivity index (χ4v) is 5.15. The number of thiophene rings is 1. The molecule has 0 atom stereocenters. The van der Waals surface area contributed by atoms with E-state index in [-0.39, 0.29) is 30.7 Å². The Morgan fingerprint density at radius 2 is 1.70 bits per heavy atom. The average Bonchev–Trinajstić information content (AvgIpc) is 3.21. The van der Waals surface area contributed by atoms with E-state index in [1.807, 2.05) is 12.1 Å². The fourth-order valence-electron chi connectivity index (χ4n) is 3.29. The Morgan fingerprint density at radius 3 is 2.27 bits per heavy atom. The number of piperazine rings is 1. The molecule has 30 heavy (non-hydrogen) atoms. The molecule has 2 amide bonds. The smallest absolute Gasteiger partial charge is 0.256 e. The lowest BCUT2D eigenvalue weighted by Crippen LogP contribution is -2.50. The van der Waals surface area contributed by atoms with E-state index >= 15 is 0 Å². The molecule has 2 aromatic rings. The van der Waals surface area contributed by atoms with Gasteiger partial charge in [-0.3, -0.25) is 9.59 Å². The normalized spacial score (nSPS) is 15.4. The van der Waals surface area contributed by atoms with Gasteiger partial charge in [0.05, 0.1) is 11.3 Å². The van der Waals surface area contributed by atoms with Crippen LogP contribution in [0.25, 0.3) is 0 Å². The molecule has 1 aromatic carbocycles.